The minimum absolute atomic E-state index is 0.209. The van der Waals surface area contributed by atoms with Crippen molar-refractivity contribution in [1.82, 2.24) is 4.98 Å². The van der Waals surface area contributed by atoms with Gasteiger partial charge in [0.15, 0.2) is 5.76 Å². The lowest BCUT2D eigenvalue weighted by Crippen LogP contribution is -2.13. The maximum atomic E-state index is 12.8. The van der Waals surface area contributed by atoms with Gasteiger partial charge in [-0.3, -0.25) is 9.78 Å². The molecular formula is C25H32N2O2. The molecule has 154 valence electrons. The van der Waals surface area contributed by atoms with Crippen LogP contribution in [-0.2, 0) is 6.42 Å². The lowest BCUT2D eigenvalue weighted by atomic mass is 10.0. The number of nitrogens with one attached hydrogen (secondary N) is 1. The SMILES string of the molecule is CCCCCCCCCCCc1ccoc1C(=O)Nc1cccc2cccnc12. The predicted octanol–water partition coefficient (Wildman–Crippen LogP) is 7.15. The Morgan fingerprint density at radius 1 is 0.931 bits per heavy atom. The fourth-order valence-electron chi connectivity index (χ4n) is 3.74. The summed E-state index contributed by atoms with van der Waals surface area (Å²) in [4.78, 5) is 17.2. The second kappa shape index (κ2) is 11.4. The van der Waals surface area contributed by atoms with E-state index in [1.807, 2.05) is 36.4 Å². The van der Waals surface area contributed by atoms with Crippen molar-refractivity contribution in [2.45, 2.75) is 71.1 Å². The van der Waals surface area contributed by atoms with Gasteiger partial charge in [-0.15, -0.1) is 0 Å². The van der Waals surface area contributed by atoms with Gasteiger partial charge in [-0.2, -0.15) is 0 Å². The Kier molecular flexibility index (Phi) is 8.29. The molecular weight excluding hydrogens is 360 g/mol. The number of rotatable bonds is 12. The van der Waals surface area contributed by atoms with E-state index in [9.17, 15) is 4.79 Å². The third kappa shape index (κ3) is 6.18. The number of aromatic nitrogens is 1. The number of aryl methyl sites for hydroxylation is 1. The molecule has 0 unspecified atom stereocenters. The first kappa shape index (κ1) is 21.1. The van der Waals surface area contributed by atoms with Gasteiger partial charge in [0.2, 0.25) is 0 Å². The minimum atomic E-state index is -0.209. The Balaban J connectivity index is 1.47. The highest BCUT2D eigenvalue weighted by atomic mass is 16.3. The van der Waals surface area contributed by atoms with Crippen LogP contribution in [0.4, 0.5) is 5.69 Å². The summed E-state index contributed by atoms with van der Waals surface area (Å²) in [5.74, 6) is 0.205. The second-order valence-electron chi connectivity index (χ2n) is 7.69. The van der Waals surface area contributed by atoms with Crippen LogP contribution >= 0.6 is 0 Å². The van der Waals surface area contributed by atoms with Crippen molar-refractivity contribution in [3.63, 3.8) is 0 Å². The van der Waals surface area contributed by atoms with Crippen molar-refractivity contribution in [2.75, 3.05) is 5.32 Å². The molecule has 29 heavy (non-hydrogen) atoms. The van der Waals surface area contributed by atoms with Crippen molar-refractivity contribution < 1.29 is 9.21 Å². The first-order valence-electron chi connectivity index (χ1n) is 11.0. The molecule has 1 aromatic carbocycles. The fraction of sp³-hybridized carbons (Fsp3) is 0.440. The topological polar surface area (TPSA) is 55.1 Å². The number of para-hydroxylation sites is 1. The number of amides is 1. The number of hydrogen-bond acceptors (Lipinski definition) is 3. The first-order chi connectivity index (χ1) is 14.3. The monoisotopic (exact) mass is 392 g/mol. The number of furan rings is 1. The van der Waals surface area contributed by atoms with Crippen LogP contribution in [0.2, 0.25) is 0 Å². The Bertz CT molecular complexity index is 895. The molecule has 0 aliphatic heterocycles. The van der Waals surface area contributed by atoms with Crippen LogP contribution in [0, 0.1) is 0 Å². The van der Waals surface area contributed by atoms with Crippen LogP contribution < -0.4 is 5.32 Å². The van der Waals surface area contributed by atoms with Crippen molar-refractivity contribution >= 4 is 22.5 Å². The number of unbranched alkanes of at least 4 members (excludes halogenated alkanes) is 8. The highest BCUT2D eigenvalue weighted by molar-refractivity contribution is 6.07. The molecule has 3 aromatic rings. The van der Waals surface area contributed by atoms with Crippen LogP contribution in [-0.4, -0.2) is 10.9 Å². The summed E-state index contributed by atoms with van der Waals surface area (Å²) < 4.78 is 5.51. The zero-order valence-electron chi connectivity index (χ0n) is 17.5. The van der Waals surface area contributed by atoms with Gasteiger partial charge in [-0.1, -0.05) is 76.5 Å². The van der Waals surface area contributed by atoms with Gasteiger partial charge in [-0.25, -0.2) is 0 Å². The summed E-state index contributed by atoms with van der Waals surface area (Å²) >= 11 is 0. The molecule has 2 aromatic heterocycles. The molecule has 1 amide bonds. The summed E-state index contributed by atoms with van der Waals surface area (Å²) in [5, 5.41) is 3.97. The second-order valence-corrected chi connectivity index (χ2v) is 7.69. The average Bonchev–Trinajstić information content (AvgIpc) is 3.21. The summed E-state index contributed by atoms with van der Waals surface area (Å²) in [6, 6.07) is 11.6. The van der Waals surface area contributed by atoms with Gasteiger partial charge in [0, 0.05) is 17.1 Å². The van der Waals surface area contributed by atoms with Gasteiger partial charge < -0.3 is 9.73 Å². The predicted molar refractivity (Wildman–Crippen MR) is 119 cm³/mol. The molecule has 0 saturated carbocycles. The number of pyridine rings is 1. The largest absolute Gasteiger partial charge is 0.459 e. The van der Waals surface area contributed by atoms with E-state index in [1.165, 1.54) is 51.4 Å². The normalized spacial score (nSPS) is 11.1. The molecule has 0 radical (unpaired) electrons. The fourth-order valence-corrected chi connectivity index (χ4v) is 3.74. The molecule has 3 rings (SSSR count). The summed E-state index contributed by atoms with van der Waals surface area (Å²) in [7, 11) is 0. The Labute approximate surface area is 173 Å². The first-order valence-corrected chi connectivity index (χ1v) is 11.0. The Hall–Kier alpha value is -2.62. The van der Waals surface area contributed by atoms with E-state index in [1.54, 1.807) is 12.5 Å². The maximum absolute atomic E-state index is 12.8. The average molecular weight is 393 g/mol. The van der Waals surface area contributed by atoms with Crippen molar-refractivity contribution in [3.8, 4) is 0 Å². The van der Waals surface area contributed by atoms with Crippen molar-refractivity contribution in [2.24, 2.45) is 0 Å². The summed E-state index contributed by atoms with van der Waals surface area (Å²) in [6.07, 6.45) is 15.8. The van der Waals surface area contributed by atoms with Crippen molar-refractivity contribution in [3.05, 3.63) is 60.2 Å². The molecule has 0 aliphatic rings. The molecule has 0 atom stereocenters. The molecule has 0 saturated heterocycles. The Morgan fingerprint density at radius 3 is 2.45 bits per heavy atom. The molecule has 0 bridgehead atoms. The zero-order valence-corrected chi connectivity index (χ0v) is 17.5. The van der Waals surface area contributed by atoms with Gasteiger partial charge >= 0.3 is 0 Å². The van der Waals surface area contributed by atoms with Crippen molar-refractivity contribution in [1.29, 1.82) is 0 Å². The molecule has 0 aliphatic carbocycles. The van der Waals surface area contributed by atoms with Crippen LogP contribution in [0.15, 0.2) is 53.3 Å². The van der Waals surface area contributed by atoms with E-state index in [0.717, 1.165) is 29.3 Å². The van der Waals surface area contributed by atoms with Crippen LogP contribution in [0.1, 0.15) is 80.8 Å². The van der Waals surface area contributed by atoms with E-state index in [2.05, 4.69) is 17.2 Å². The minimum Gasteiger partial charge on any atom is -0.459 e. The number of fused-ring (bicyclic) bond motifs is 1. The molecule has 4 heteroatoms. The van der Waals surface area contributed by atoms with E-state index >= 15 is 0 Å². The summed E-state index contributed by atoms with van der Waals surface area (Å²) in [5.41, 5.74) is 2.48. The lowest BCUT2D eigenvalue weighted by Gasteiger charge is -2.08. The highest BCUT2D eigenvalue weighted by Crippen LogP contribution is 2.23. The standard InChI is InChI=1S/C25H32N2O2/c1-2-3-4-5-6-7-8-9-10-13-21-17-19-29-24(21)25(28)27-22-16-11-14-20-15-12-18-26-23(20)22/h11-12,14-19H,2-10,13H2,1H3,(H,27,28). The molecule has 0 fully saturated rings. The lowest BCUT2D eigenvalue weighted by molar-refractivity contribution is 0.0995. The van der Waals surface area contributed by atoms with Crippen LogP contribution in [0.3, 0.4) is 0 Å². The smallest absolute Gasteiger partial charge is 0.291 e. The van der Waals surface area contributed by atoms with Gasteiger partial charge in [0.25, 0.3) is 5.91 Å². The number of nitrogens with zero attached hydrogens (tertiary/aromatic N) is 1. The highest BCUT2D eigenvalue weighted by Gasteiger charge is 2.16. The molecule has 1 N–H and O–H groups in total. The number of anilines is 1. The molecule has 2 heterocycles. The maximum Gasteiger partial charge on any atom is 0.291 e. The number of benzene rings is 1. The number of carbonyl (C=O) groups excluding carboxylic acids is 1. The third-order valence-corrected chi connectivity index (χ3v) is 5.38. The zero-order chi connectivity index (χ0) is 20.3. The van der Waals surface area contributed by atoms with E-state index < -0.39 is 0 Å². The number of carbonyl (C=O) groups is 1. The van der Waals surface area contributed by atoms with Gasteiger partial charge in [0.05, 0.1) is 17.5 Å². The summed E-state index contributed by atoms with van der Waals surface area (Å²) in [6.45, 7) is 2.25. The van der Waals surface area contributed by atoms with Gasteiger partial charge in [0.1, 0.15) is 0 Å². The van der Waals surface area contributed by atoms with E-state index in [-0.39, 0.29) is 5.91 Å². The molecule has 0 spiro atoms. The van der Waals surface area contributed by atoms with Gasteiger partial charge in [-0.05, 0) is 31.0 Å². The molecule has 4 nitrogen and oxygen atoms in total. The van der Waals surface area contributed by atoms with Crippen LogP contribution in [0.5, 0.6) is 0 Å². The van der Waals surface area contributed by atoms with Crippen LogP contribution in [0.25, 0.3) is 10.9 Å². The van der Waals surface area contributed by atoms with E-state index in [0.29, 0.717) is 11.4 Å². The quantitative estimate of drug-likeness (QED) is 0.333. The third-order valence-electron chi connectivity index (χ3n) is 5.38. The van der Waals surface area contributed by atoms with E-state index in [4.69, 9.17) is 4.42 Å². The number of hydrogen-bond donors (Lipinski definition) is 1. The Morgan fingerprint density at radius 2 is 1.66 bits per heavy atom.